The van der Waals surface area contributed by atoms with Gasteiger partial charge in [-0.25, -0.2) is 4.79 Å². The zero-order valence-corrected chi connectivity index (χ0v) is 5.93. The minimum absolute atomic E-state index is 0.448. The lowest BCUT2D eigenvalue weighted by molar-refractivity contribution is 0.300. The second kappa shape index (κ2) is 4.09. The van der Waals surface area contributed by atoms with Gasteiger partial charge in [0.05, 0.1) is 0 Å². The highest BCUT2D eigenvalue weighted by atomic mass is 16.5. The molecule has 0 bridgehead atoms. The lowest BCUT2D eigenvalue weighted by Crippen LogP contribution is -1.99. The standard InChI is InChI=1S/C8H11O2/c9-7-10-6-8-4-2-1-3-5-8/h4H,1-3,5-6H2. The zero-order valence-electron chi connectivity index (χ0n) is 5.93. The first-order chi connectivity index (χ1) is 4.93. The van der Waals surface area contributed by atoms with Gasteiger partial charge in [-0.3, -0.25) is 0 Å². The number of hydrogen-bond acceptors (Lipinski definition) is 2. The molecule has 0 unspecified atom stereocenters. The molecule has 0 atom stereocenters. The fraction of sp³-hybridized carbons (Fsp3) is 0.625. The minimum Gasteiger partial charge on any atom is -0.453 e. The summed E-state index contributed by atoms with van der Waals surface area (Å²) in [6, 6.07) is 0. The summed E-state index contributed by atoms with van der Waals surface area (Å²) in [7, 11) is 0. The molecule has 0 spiro atoms. The predicted molar refractivity (Wildman–Crippen MR) is 38.2 cm³/mol. The van der Waals surface area contributed by atoms with Crippen molar-refractivity contribution in [2.45, 2.75) is 25.7 Å². The van der Waals surface area contributed by atoms with Gasteiger partial charge in [0.2, 0.25) is 0 Å². The largest absolute Gasteiger partial charge is 0.453 e. The van der Waals surface area contributed by atoms with Crippen LogP contribution in [-0.2, 0) is 9.53 Å². The number of hydrogen-bond donors (Lipinski definition) is 0. The van der Waals surface area contributed by atoms with E-state index in [2.05, 4.69) is 10.8 Å². The molecule has 55 valence electrons. The van der Waals surface area contributed by atoms with Crippen molar-refractivity contribution in [2.24, 2.45) is 0 Å². The molecule has 1 aliphatic rings. The Morgan fingerprint density at radius 1 is 1.60 bits per heavy atom. The van der Waals surface area contributed by atoms with E-state index in [0.29, 0.717) is 6.61 Å². The van der Waals surface area contributed by atoms with Gasteiger partial charge >= 0.3 is 6.47 Å². The van der Waals surface area contributed by atoms with E-state index in [1.165, 1.54) is 24.9 Å². The van der Waals surface area contributed by atoms with Crippen LogP contribution in [0.4, 0.5) is 0 Å². The van der Waals surface area contributed by atoms with E-state index < -0.39 is 0 Å². The maximum absolute atomic E-state index is 9.67. The average molecular weight is 139 g/mol. The molecule has 0 aromatic carbocycles. The smallest absolute Gasteiger partial charge is 0.417 e. The molecule has 1 aliphatic carbocycles. The van der Waals surface area contributed by atoms with Crippen molar-refractivity contribution in [3.05, 3.63) is 11.6 Å². The highest BCUT2D eigenvalue weighted by molar-refractivity contribution is 5.38. The van der Waals surface area contributed by atoms with Crippen LogP contribution in [0.5, 0.6) is 0 Å². The number of carbonyl (C=O) groups excluding carboxylic acids is 1. The topological polar surface area (TPSA) is 26.3 Å². The molecule has 10 heavy (non-hydrogen) atoms. The third-order valence-corrected chi connectivity index (χ3v) is 1.70. The molecular formula is C8H11O2. The maximum atomic E-state index is 9.67. The van der Waals surface area contributed by atoms with Crippen LogP contribution in [0, 0.1) is 0 Å². The molecule has 0 aromatic heterocycles. The molecule has 0 saturated carbocycles. The van der Waals surface area contributed by atoms with Crippen LogP contribution in [0.2, 0.25) is 0 Å². The third kappa shape index (κ3) is 2.21. The fourth-order valence-electron chi connectivity index (χ4n) is 1.16. The van der Waals surface area contributed by atoms with Gasteiger partial charge in [-0.2, -0.15) is 0 Å². The highest BCUT2D eigenvalue weighted by Crippen LogP contribution is 2.16. The Bertz CT molecular complexity index is 138. The monoisotopic (exact) mass is 139 g/mol. The molecule has 2 heteroatoms. The summed E-state index contributed by atoms with van der Waals surface area (Å²) < 4.78 is 4.50. The van der Waals surface area contributed by atoms with Gasteiger partial charge in [-0.15, -0.1) is 0 Å². The molecule has 0 saturated heterocycles. The van der Waals surface area contributed by atoms with Gasteiger partial charge in [0.25, 0.3) is 0 Å². The summed E-state index contributed by atoms with van der Waals surface area (Å²) in [4.78, 5) is 9.67. The summed E-state index contributed by atoms with van der Waals surface area (Å²) >= 11 is 0. The van der Waals surface area contributed by atoms with E-state index >= 15 is 0 Å². The SMILES string of the molecule is O=[C]OCC1=CCCCC1. The Balaban J connectivity index is 2.24. The second-order valence-corrected chi connectivity index (χ2v) is 2.48. The van der Waals surface area contributed by atoms with Crippen molar-refractivity contribution in [2.75, 3.05) is 6.61 Å². The number of ether oxygens (including phenoxy) is 1. The fourth-order valence-corrected chi connectivity index (χ4v) is 1.16. The van der Waals surface area contributed by atoms with Crippen molar-refractivity contribution in [3.63, 3.8) is 0 Å². The summed E-state index contributed by atoms with van der Waals surface area (Å²) in [6.45, 7) is 1.87. The zero-order chi connectivity index (χ0) is 7.23. The van der Waals surface area contributed by atoms with Gasteiger partial charge in [0, 0.05) is 0 Å². The number of allylic oxidation sites excluding steroid dienone is 1. The van der Waals surface area contributed by atoms with E-state index in [1.807, 2.05) is 0 Å². The first kappa shape index (κ1) is 7.32. The molecule has 0 amide bonds. The van der Waals surface area contributed by atoms with E-state index in [9.17, 15) is 4.79 Å². The van der Waals surface area contributed by atoms with Gasteiger partial charge in [-0.05, 0) is 31.3 Å². The summed E-state index contributed by atoms with van der Waals surface area (Å²) in [6.07, 6.45) is 6.88. The van der Waals surface area contributed by atoms with E-state index in [0.717, 1.165) is 12.8 Å². The van der Waals surface area contributed by atoms with Gasteiger partial charge < -0.3 is 4.74 Å². The lowest BCUT2D eigenvalue weighted by Gasteiger charge is -2.09. The normalized spacial score (nSPS) is 17.8. The van der Waals surface area contributed by atoms with E-state index in [1.54, 1.807) is 0 Å². The van der Waals surface area contributed by atoms with Crippen molar-refractivity contribution in [1.29, 1.82) is 0 Å². The van der Waals surface area contributed by atoms with E-state index in [-0.39, 0.29) is 0 Å². The van der Waals surface area contributed by atoms with Crippen molar-refractivity contribution < 1.29 is 9.53 Å². The van der Waals surface area contributed by atoms with Crippen molar-refractivity contribution in [1.82, 2.24) is 0 Å². The third-order valence-electron chi connectivity index (χ3n) is 1.70. The van der Waals surface area contributed by atoms with Gasteiger partial charge in [-0.1, -0.05) is 6.08 Å². The minimum atomic E-state index is 0.448. The molecule has 2 nitrogen and oxygen atoms in total. The molecule has 0 aliphatic heterocycles. The number of rotatable bonds is 3. The molecule has 1 radical (unpaired) electrons. The van der Waals surface area contributed by atoms with Crippen LogP contribution in [0.25, 0.3) is 0 Å². The average Bonchev–Trinajstić information content (AvgIpc) is 2.03. The lowest BCUT2D eigenvalue weighted by atomic mass is 10.0. The Kier molecular flexibility index (Phi) is 3.00. The molecule has 0 fully saturated rings. The van der Waals surface area contributed by atoms with Crippen LogP contribution in [-0.4, -0.2) is 13.1 Å². The Hall–Kier alpha value is -0.790. The quantitative estimate of drug-likeness (QED) is 0.555. The van der Waals surface area contributed by atoms with Crippen LogP contribution in [0.3, 0.4) is 0 Å². The molecule has 1 rings (SSSR count). The maximum Gasteiger partial charge on any atom is 0.417 e. The van der Waals surface area contributed by atoms with Crippen molar-refractivity contribution in [3.8, 4) is 0 Å². The summed E-state index contributed by atoms with van der Waals surface area (Å²) in [5.41, 5.74) is 1.25. The van der Waals surface area contributed by atoms with Crippen LogP contribution >= 0.6 is 0 Å². The summed E-state index contributed by atoms with van der Waals surface area (Å²) in [5, 5.41) is 0. The van der Waals surface area contributed by atoms with Crippen LogP contribution < -0.4 is 0 Å². The Morgan fingerprint density at radius 2 is 2.50 bits per heavy atom. The van der Waals surface area contributed by atoms with Crippen LogP contribution in [0.1, 0.15) is 25.7 Å². The second-order valence-electron chi connectivity index (χ2n) is 2.48. The Labute approximate surface area is 60.9 Å². The Morgan fingerprint density at radius 3 is 3.10 bits per heavy atom. The van der Waals surface area contributed by atoms with Crippen molar-refractivity contribution >= 4 is 6.47 Å². The highest BCUT2D eigenvalue weighted by Gasteiger charge is 2.02. The first-order valence-electron chi connectivity index (χ1n) is 3.60. The van der Waals surface area contributed by atoms with E-state index in [4.69, 9.17) is 0 Å². The molecule has 0 heterocycles. The van der Waals surface area contributed by atoms with Crippen LogP contribution in [0.15, 0.2) is 11.6 Å². The molecule has 0 N–H and O–H groups in total. The van der Waals surface area contributed by atoms with Gasteiger partial charge in [0.15, 0.2) is 0 Å². The molecule has 0 aromatic rings. The summed E-state index contributed by atoms with van der Waals surface area (Å²) in [5.74, 6) is 0. The predicted octanol–water partition coefficient (Wildman–Crippen LogP) is 1.57. The van der Waals surface area contributed by atoms with Gasteiger partial charge in [0.1, 0.15) is 6.61 Å². The molecular weight excluding hydrogens is 128 g/mol. The first-order valence-corrected chi connectivity index (χ1v) is 3.60.